The molecule has 0 spiro atoms. The highest BCUT2D eigenvalue weighted by molar-refractivity contribution is 5.73. The van der Waals surface area contributed by atoms with Crippen molar-refractivity contribution in [3.63, 3.8) is 0 Å². The Kier molecular flexibility index (Phi) is 9.97. The molecule has 15 atom stereocenters. The van der Waals surface area contributed by atoms with Crippen LogP contribution in [0.1, 0.15) is 13.8 Å². The highest BCUT2D eigenvalue weighted by atomic mass is 16.7. The van der Waals surface area contributed by atoms with Gasteiger partial charge in [0, 0.05) is 6.92 Å². The molecule has 3 heterocycles. The molecule has 3 aliphatic heterocycles. The second-order valence-corrected chi connectivity index (χ2v) is 9.05. The van der Waals surface area contributed by atoms with E-state index in [1.54, 1.807) is 0 Å². The van der Waals surface area contributed by atoms with Gasteiger partial charge in [0.15, 0.2) is 18.9 Å². The summed E-state index contributed by atoms with van der Waals surface area (Å²) in [7, 11) is 0. The summed E-state index contributed by atoms with van der Waals surface area (Å²) in [6.07, 6.45) is -21.8. The van der Waals surface area contributed by atoms with Crippen molar-refractivity contribution >= 4 is 5.91 Å². The fourth-order valence-corrected chi connectivity index (χ4v) is 4.40. The number of hydrogen-bond donors (Lipinski definition) is 10. The van der Waals surface area contributed by atoms with E-state index in [0.29, 0.717) is 0 Å². The van der Waals surface area contributed by atoms with Crippen molar-refractivity contribution < 1.29 is 74.4 Å². The Morgan fingerprint density at radius 3 is 1.89 bits per heavy atom. The fourth-order valence-electron chi connectivity index (χ4n) is 4.40. The van der Waals surface area contributed by atoms with Gasteiger partial charge in [-0.05, 0) is 6.92 Å². The number of ether oxygens (including phenoxy) is 5. The van der Waals surface area contributed by atoms with Gasteiger partial charge in [-0.25, -0.2) is 0 Å². The minimum absolute atomic E-state index is 0.596. The van der Waals surface area contributed by atoms with Crippen LogP contribution in [0.2, 0.25) is 0 Å². The summed E-state index contributed by atoms with van der Waals surface area (Å²) >= 11 is 0. The second-order valence-electron chi connectivity index (χ2n) is 9.05. The van der Waals surface area contributed by atoms with Crippen LogP contribution in [0.5, 0.6) is 0 Å². The van der Waals surface area contributed by atoms with E-state index in [4.69, 9.17) is 23.7 Å². The van der Waals surface area contributed by atoms with Gasteiger partial charge < -0.3 is 75.0 Å². The summed E-state index contributed by atoms with van der Waals surface area (Å²) in [5.41, 5.74) is 0. The Bertz CT molecular complexity index is 729. The molecule has 3 saturated heterocycles. The lowest BCUT2D eigenvalue weighted by molar-refractivity contribution is -0.372. The third-order valence-electron chi connectivity index (χ3n) is 6.46. The number of rotatable bonds is 7. The van der Waals surface area contributed by atoms with Crippen LogP contribution in [0.25, 0.3) is 0 Å². The quantitative estimate of drug-likeness (QED) is 0.147. The van der Waals surface area contributed by atoms with Crippen LogP contribution in [0.15, 0.2) is 0 Å². The molecule has 3 rings (SSSR count). The Labute approximate surface area is 205 Å². The van der Waals surface area contributed by atoms with Crippen molar-refractivity contribution in [1.82, 2.24) is 5.32 Å². The van der Waals surface area contributed by atoms with Crippen LogP contribution in [-0.2, 0) is 28.5 Å². The molecule has 0 aromatic rings. The average Bonchev–Trinajstić information content (AvgIpc) is 2.83. The van der Waals surface area contributed by atoms with Gasteiger partial charge in [0.2, 0.25) is 5.91 Å². The lowest BCUT2D eigenvalue weighted by Crippen LogP contribution is -2.67. The van der Waals surface area contributed by atoms with Crippen molar-refractivity contribution in [2.75, 3.05) is 13.2 Å². The zero-order valence-corrected chi connectivity index (χ0v) is 19.5. The van der Waals surface area contributed by atoms with E-state index in [1.165, 1.54) is 6.92 Å². The Hall–Kier alpha value is -1.09. The molecule has 3 aliphatic rings. The van der Waals surface area contributed by atoms with E-state index in [1.807, 2.05) is 0 Å². The first-order valence-corrected chi connectivity index (χ1v) is 11.4. The summed E-state index contributed by atoms with van der Waals surface area (Å²) in [5, 5.41) is 93.7. The van der Waals surface area contributed by atoms with Crippen molar-refractivity contribution in [1.29, 1.82) is 0 Å². The molecule has 0 aliphatic carbocycles. The Morgan fingerprint density at radius 2 is 1.31 bits per heavy atom. The predicted octanol–water partition coefficient (Wildman–Crippen LogP) is -6.40. The molecule has 0 bridgehead atoms. The summed E-state index contributed by atoms with van der Waals surface area (Å²) in [6, 6.07) is -1.35. The summed E-state index contributed by atoms with van der Waals surface area (Å²) < 4.78 is 27.2. The standard InChI is InChI=1S/C20H35NO15/c1-5-10(25)17(36-19-14(29)13(28)11(26)7(3-22)34-19)15(30)20(32-5)35-16-8(4-23)33-18(31)9(12(16)27)21-6(2)24/h5,7-20,22-23,25-31H,3-4H2,1-2H3,(H,21,24)/t5-,7-,8-,9-,10+,11+,12-,13+,14-,15-,16-,17+,18-,19+,20-/m1/s1. The van der Waals surface area contributed by atoms with E-state index in [-0.39, 0.29) is 0 Å². The van der Waals surface area contributed by atoms with Crippen molar-refractivity contribution in [3.8, 4) is 0 Å². The van der Waals surface area contributed by atoms with Crippen LogP contribution >= 0.6 is 0 Å². The Morgan fingerprint density at radius 1 is 0.722 bits per heavy atom. The lowest BCUT2D eigenvalue weighted by atomic mass is 9.95. The van der Waals surface area contributed by atoms with Crippen LogP contribution in [0.3, 0.4) is 0 Å². The number of carbonyl (C=O) groups excluding carboxylic acids is 1. The van der Waals surface area contributed by atoms with E-state index < -0.39 is 111 Å². The van der Waals surface area contributed by atoms with Crippen LogP contribution in [-0.4, -0.2) is 157 Å². The monoisotopic (exact) mass is 529 g/mol. The third-order valence-corrected chi connectivity index (χ3v) is 6.46. The SMILES string of the molecule is CC(=O)N[C@@H]1[C@@H](O)[C@H](O[C@H]2O[C@H](C)[C@H](O)[C@H](O[C@@H]3O[C@H](CO)[C@H](O)[C@H](O)[C@H]3O)[C@H]2O)[C@@H](CO)O[C@H]1O. The molecule has 16 heteroatoms. The van der Waals surface area contributed by atoms with Gasteiger partial charge >= 0.3 is 0 Å². The highest BCUT2D eigenvalue weighted by Gasteiger charge is 2.53. The third kappa shape index (κ3) is 5.97. The number of amides is 1. The van der Waals surface area contributed by atoms with Crippen LogP contribution in [0.4, 0.5) is 0 Å². The number of aliphatic hydroxyl groups excluding tert-OH is 9. The fraction of sp³-hybridized carbons (Fsp3) is 0.950. The minimum Gasteiger partial charge on any atom is -0.394 e. The van der Waals surface area contributed by atoms with Gasteiger partial charge in [0.25, 0.3) is 0 Å². The first kappa shape index (κ1) is 29.5. The topological polar surface area (TPSA) is 257 Å². The maximum atomic E-state index is 11.5. The van der Waals surface area contributed by atoms with Gasteiger partial charge in [-0.2, -0.15) is 0 Å². The highest BCUT2D eigenvalue weighted by Crippen LogP contribution is 2.32. The molecule has 0 aromatic carbocycles. The van der Waals surface area contributed by atoms with Crippen LogP contribution < -0.4 is 5.32 Å². The van der Waals surface area contributed by atoms with Gasteiger partial charge in [-0.1, -0.05) is 0 Å². The molecule has 0 unspecified atom stereocenters. The first-order chi connectivity index (χ1) is 16.9. The molecule has 10 N–H and O–H groups in total. The molecule has 210 valence electrons. The molecule has 0 aromatic heterocycles. The van der Waals surface area contributed by atoms with E-state index in [0.717, 1.165) is 6.92 Å². The molecule has 16 nitrogen and oxygen atoms in total. The van der Waals surface area contributed by atoms with E-state index in [9.17, 15) is 50.8 Å². The number of aliphatic hydroxyl groups is 9. The molecule has 3 fully saturated rings. The van der Waals surface area contributed by atoms with Gasteiger partial charge in [0.05, 0.1) is 19.3 Å². The normalized spacial score (nSPS) is 50.0. The van der Waals surface area contributed by atoms with Gasteiger partial charge in [-0.15, -0.1) is 0 Å². The van der Waals surface area contributed by atoms with Crippen LogP contribution in [0, 0.1) is 0 Å². The summed E-state index contributed by atoms with van der Waals surface area (Å²) in [6.45, 7) is 1.09. The molecule has 1 amide bonds. The molecule has 0 saturated carbocycles. The maximum absolute atomic E-state index is 11.5. The van der Waals surface area contributed by atoms with E-state index in [2.05, 4.69) is 5.32 Å². The number of carbonyl (C=O) groups is 1. The summed E-state index contributed by atoms with van der Waals surface area (Å²) in [4.78, 5) is 11.5. The maximum Gasteiger partial charge on any atom is 0.217 e. The molecule has 0 radical (unpaired) electrons. The summed E-state index contributed by atoms with van der Waals surface area (Å²) in [5.74, 6) is -0.596. The number of hydrogen-bond acceptors (Lipinski definition) is 15. The predicted molar refractivity (Wildman–Crippen MR) is 111 cm³/mol. The minimum atomic E-state index is -1.81. The van der Waals surface area contributed by atoms with Crippen molar-refractivity contribution in [3.05, 3.63) is 0 Å². The number of nitrogens with one attached hydrogen (secondary N) is 1. The second kappa shape index (κ2) is 12.2. The zero-order valence-electron chi connectivity index (χ0n) is 19.5. The smallest absolute Gasteiger partial charge is 0.217 e. The molecular formula is C20H35NO15. The van der Waals surface area contributed by atoms with E-state index >= 15 is 0 Å². The lowest BCUT2D eigenvalue weighted by Gasteiger charge is -2.48. The molecule has 36 heavy (non-hydrogen) atoms. The first-order valence-electron chi connectivity index (χ1n) is 11.4. The van der Waals surface area contributed by atoms with Gasteiger partial charge in [0.1, 0.15) is 67.1 Å². The van der Waals surface area contributed by atoms with Gasteiger partial charge in [-0.3, -0.25) is 4.79 Å². The molecular weight excluding hydrogens is 494 g/mol. The largest absolute Gasteiger partial charge is 0.394 e. The Balaban J connectivity index is 1.77. The van der Waals surface area contributed by atoms with Crippen molar-refractivity contribution in [2.24, 2.45) is 0 Å². The zero-order chi connectivity index (χ0) is 26.9. The average molecular weight is 529 g/mol. The van der Waals surface area contributed by atoms with Crippen molar-refractivity contribution in [2.45, 2.75) is 106 Å².